The lowest BCUT2D eigenvalue weighted by Crippen LogP contribution is -2.29. The second-order valence-corrected chi connectivity index (χ2v) is 5.66. The molecule has 0 amide bonds. The van der Waals surface area contributed by atoms with Crippen LogP contribution < -0.4 is 4.57 Å². The molecule has 0 saturated heterocycles. The smallest absolute Gasteiger partial charge is 0.232 e. The largest absolute Gasteiger partial charge is 0.294 e. The van der Waals surface area contributed by atoms with E-state index in [0.29, 0.717) is 0 Å². The molecule has 2 nitrogen and oxygen atoms in total. The molecule has 0 atom stereocenters. The Morgan fingerprint density at radius 1 is 0.667 bits per heavy atom. The van der Waals surface area contributed by atoms with E-state index in [-0.39, 0.29) is 0 Å². The van der Waals surface area contributed by atoms with Gasteiger partial charge in [-0.3, -0.25) is 0 Å². The molecular formula is C25H39N2+. The third-order valence-corrected chi connectivity index (χ3v) is 4.07. The molecule has 148 valence electrons. The first-order chi connectivity index (χ1) is 13.1. The van der Waals surface area contributed by atoms with Crippen LogP contribution in [0.15, 0.2) is 54.9 Å². The Hall–Kier alpha value is -2.35. The number of benzene rings is 2. The molecule has 3 rings (SSSR count). The van der Waals surface area contributed by atoms with Gasteiger partial charge in [0.25, 0.3) is 5.82 Å². The molecule has 0 fully saturated rings. The van der Waals surface area contributed by atoms with Crippen molar-refractivity contribution < 1.29 is 4.57 Å². The molecule has 0 aliphatic heterocycles. The maximum absolute atomic E-state index is 2.30. The summed E-state index contributed by atoms with van der Waals surface area (Å²) in [6.45, 7) is 18.5. The Labute approximate surface area is 167 Å². The summed E-state index contributed by atoms with van der Waals surface area (Å²) in [4.78, 5) is 0. The van der Waals surface area contributed by atoms with E-state index in [1.165, 1.54) is 33.8 Å². The highest BCUT2D eigenvalue weighted by molar-refractivity contribution is 5.62. The minimum Gasteiger partial charge on any atom is -0.232 e. The first-order valence-corrected chi connectivity index (χ1v) is 10.3. The van der Waals surface area contributed by atoms with Gasteiger partial charge in [0.05, 0.1) is 12.6 Å². The first kappa shape index (κ1) is 24.7. The van der Waals surface area contributed by atoms with Crippen LogP contribution in [0.3, 0.4) is 0 Å². The van der Waals surface area contributed by atoms with Crippen molar-refractivity contribution in [2.24, 2.45) is 7.05 Å². The lowest BCUT2D eigenvalue weighted by Gasteiger charge is -2.09. The third kappa shape index (κ3) is 5.82. The van der Waals surface area contributed by atoms with E-state index in [1.54, 1.807) is 0 Å². The average molecular weight is 368 g/mol. The lowest BCUT2D eigenvalue weighted by atomic mass is 10.1. The lowest BCUT2D eigenvalue weighted by molar-refractivity contribution is -0.659. The number of aryl methyl sites for hydroxylation is 4. The van der Waals surface area contributed by atoms with Crippen molar-refractivity contribution >= 4 is 0 Å². The Balaban J connectivity index is 0.00000103. The van der Waals surface area contributed by atoms with Crippen LogP contribution in [0, 0.1) is 20.8 Å². The van der Waals surface area contributed by atoms with Gasteiger partial charge in [0.2, 0.25) is 0 Å². The highest BCUT2D eigenvalue weighted by Gasteiger charge is 2.22. The maximum atomic E-state index is 2.30. The summed E-state index contributed by atoms with van der Waals surface area (Å²) in [7, 11) is 2.10. The highest BCUT2D eigenvalue weighted by Crippen LogP contribution is 2.26. The molecule has 0 aliphatic carbocycles. The van der Waals surface area contributed by atoms with Crippen LogP contribution in [0.4, 0.5) is 0 Å². The highest BCUT2D eigenvalue weighted by atomic mass is 15.1. The molecule has 0 radical (unpaired) electrons. The molecule has 3 aromatic rings. The Morgan fingerprint density at radius 3 is 1.67 bits per heavy atom. The third-order valence-electron chi connectivity index (χ3n) is 4.07. The maximum Gasteiger partial charge on any atom is 0.294 e. The van der Waals surface area contributed by atoms with E-state index < -0.39 is 0 Å². The van der Waals surface area contributed by atoms with Crippen LogP contribution in [-0.2, 0) is 7.05 Å². The van der Waals surface area contributed by atoms with Gasteiger partial charge < -0.3 is 0 Å². The summed E-state index contributed by atoms with van der Waals surface area (Å²) in [5.74, 6) is 1.21. The van der Waals surface area contributed by atoms with Crippen LogP contribution in [-0.4, -0.2) is 4.57 Å². The molecule has 0 spiro atoms. The Morgan fingerprint density at radius 2 is 1.15 bits per heavy atom. The number of para-hydroxylation sites is 1. The fraction of sp³-hybridized carbons (Fsp3) is 0.400. The van der Waals surface area contributed by atoms with Crippen molar-refractivity contribution in [3.05, 3.63) is 71.5 Å². The zero-order chi connectivity index (χ0) is 21.0. The van der Waals surface area contributed by atoms with E-state index >= 15 is 0 Å². The van der Waals surface area contributed by atoms with Crippen LogP contribution >= 0.6 is 0 Å². The van der Waals surface area contributed by atoms with Crippen molar-refractivity contribution in [3.63, 3.8) is 0 Å². The zero-order valence-corrected chi connectivity index (χ0v) is 19.1. The van der Waals surface area contributed by atoms with Crippen LogP contribution in [0.1, 0.15) is 58.2 Å². The molecular weight excluding hydrogens is 328 g/mol. The quantitative estimate of drug-likeness (QED) is 0.432. The van der Waals surface area contributed by atoms with Gasteiger partial charge in [-0.2, -0.15) is 4.57 Å². The van der Waals surface area contributed by atoms with Crippen molar-refractivity contribution in [3.8, 4) is 17.1 Å². The number of nitrogens with zero attached hydrogens (tertiary/aromatic N) is 2. The van der Waals surface area contributed by atoms with Gasteiger partial charge in [0.15, 0.2) is 0 Å². The average Bonchev–Trinajstić information content (AvgIpc) is 3.08. The summed E-state index contributed by atoms with van der Waals surface area (Å²) in [6, 6.07) is 15.0. The van der Waals surface area contributed by atoms with Crippen LogP contribution in [0.2, 0.25) is 0 Å². The molecule has 2 aromatic carbocycles. The molecule has 0 bridgehead atoms. The van der Waals surface area contributed by atoms with Crippen LogP contribution in [0.25, 0.3) is 17.1 Å². The minimum atomic E-state index is 1.21. The van der Waals surface area contributed by atoms with Gasteiger partial charge in [-0.05, 0) is 43.5 Å². The Bertz CT molecular complexity index is 778. The van der Waals surface area contributed by atoms with Gasteiger partial charge in [0, 0.05) is 0 Å². The fourth-order valence-corrected chi connectivity index (χ4v) is 2.99. The van der Waals surface area contributed by atoms with E-state index in [9.17, 15) is 0 Å². The second kappa shape index (κ2) is 12.9. The number of aromatic nitrogens is 2. The summed E-state index contributed by atoms with van der Waals surface area (Å²) in [5, 5.41) is 0. The fourth-order valence-electron chi connectivity index (χ4n) is 2.99. The zero-order valence-electron chi connectivity index (χ0n) is 19.1. The molecule has 0 saturated carbocycles. The number of imidazole rings is 1. The van der Waals surface area contributed by atoms with E-state index in [0.717, 1.165) is 0 Å². The molecule has 1 aromatic heterocycles. The normalized spacial score (nSPS) is 9.11. The topological polar surface area (TPSA) is 8.81 Å². The van der Waals surface area contributed by atoms with Gasteiger partial charge in [-0.1, -0.05) is 77.9 Å². The van der Waals surface area contributed by atoms with Gasteiger partial charge in [-0.15, -0.1) is 0 Å². The van der Waals surface area contributed by atoms with E-state index in [2.05, 4.69) is 91.8 Å². The molecule has 0 unspecified atom stereocenters. The van der Waals surface area contributed by atoms with Gasteiger partial charge >= 0.3 is 0 Å². The molecule has 0 N–H and O–H groups in total. The van der Waals surface area contributed by atoms with Gasteiger partial charge in [-0.25, -0.2) is 4.57 Å². The second-order valence-electron chi connectivity index (χ2n) is 5.66. The molecule has 0 aliphatic rings. The summed E-state index contributed by atoms with van der Waals surface area (Å²) in [6.07, 6.45) is 4.27. The van der Waals surface area contributed by atoms with Crippen molar-refractivity contribution in [2.75, 3.05) is 0 Å². The van der Waals surface area contributed by atoms with Gasteiger partial charge in [0.1, 0.15) is 18.1 Å². The summed E-state index contributed by atoms with van der Waals surface area (Å²) >= 11 is 0. The van der Waals surface area contributed by atoms with E-state index in [1.807, 2.05) is 41.5 Å². The number of hydrogen-bond donors (Lipinski definition) is 0. The van der Waals surface area contributed by atoms with Crippen molar-refractivity contribution in [1.82, 2.24) is 4.57 Å². The van der Waals surface area contributed by atoms with Crippen molar-refractivity contribution in [2.45, 2.75) is 62.3 Å². The monoisotopic (exact) mass is 367 g/mol. The van der Waals surface area contributed by atoms with Crippen molar-refractivity contribution in [1.29, 1.82) is 0 Å². The first-order valence-electron chi connectivity index (χ1n) is 10.3. The molecule has 2 heteroatoms. The minimum absolute atomic E-state index is 1.21. The molecule has 27 heavy (non-hydrogen) atoms. The number of rotatable bonds is 2. The summed E-state index contributed by atoms with van der Waals surface area (Å²) in [5.41, 5.74) is 6.42. The standard InChI is InChI=1S/C19H21N2.3C2H6/c1-14-8-5-6-11-17(14)19-20(4)12-13-21(19)18-15(2)9-7-10-16(18)3;3*1-2/h5-13H,1-4H3;3*1-2H3/q+1;;;. The SMILES string of the molecule is CC.CC.CC.Cc1ccccc1-c1n(-c2c(C)cccc2C)cc[n+]1C. The number of hydrogen-bond acceptors (Lipinski definition) is 0. The Kier molecular flexibility index (Phi) is 11.8. The summed E-state index contributed by atoms with van der Waals surface area (Å²) < 4.78 is 4.49. The predicted molar refractivity (Wildman–Crippen MR) is 121 cm³/mol. The van der Waals surface area contributed by atoms with Crippen LogP contribution in [0.5, 0.6) is 0 Å². The predicted octanol–water partition coefficient (Wildman–Crippen LogP) is 6.97. The molecule has 1 heterocycles. The van der Waals surface area contributed by atoms with E-state index in [4.69, 9.17) is 0 Å².